The summed E-state index contributed by atoms with van der Waals surface area (Å²) in [5, 5.41) is 9.92. The third kappa shape index (κ3) is 3.83. The topological polar surface area (TPSA) is 87.5 Å². The number of aryl methyl sites for hydroxylation is 1. The molecule has 27 heavy (non-hydrogen) atoms. The van der Waals surface area contributed by atoms with E-state index in [1.54, 1.807) is 43.0 Å². The Balaban J connectivity index is 2.04. The van der Waals surface area contributed by atoms with E-state index in [1.807, 2.05) is 13.0 Å². The number of benzene rings is 1. The van der Waals surface area contributed by atoms with Crippen molar-refractivity contribution in [2.24, 2.45) is 0 Å². The minimum absolute atomic E-state index is 0.256. The van der Waals surface area contributed by atoms with Gasteiger partial charge >= 0.3 is 6.03 Å². The van der Waals surface area contributed by atoms with Gasteiger partial charge in [0.15, 0.2) is 5.82 Å². The first kappa shape index (κ1) is 19.0. The Labute approximate surface area is 162 Å². The van der Waals surface area contributed by atoms with Crippen molar-refractivity contribution >= 4 is 29.4 Å². The quantitative estimate of drug-likeness (QED) is 0.809. The fraction of sp³-hybridized carbons (Fsp3) is 0.316. The number of nitrogens with one attached hydrogen (secondary N) is 2. The number of anilines is 1. The molecule has 1 aliphatic heterocycles. The summed E-state index contributed by atoms with van der Waals surface area (Å²) >= 11 is 6.34. The van der Waals surface area contributed by atoms with Crippen LogP contribution in [0.2, 0.25) is 5.02 Å². The van der Waals surface area contributed by atoms with Crippen LogP contribution in [0.25, 0.3) is 0 Å². The number of rotatable bonds is 5. The number of hydrogen-bond donors (Lipinski definition) is 2. The molecular weight excluding hydrogens is 368 g/mol. The average Bonchev–Trinajstić information content (AvgIpc) is 3.03. The minimum Gasteiger partial charge on any atom is -0.360 e. The molecule has 1 aromatic carbocycles. The Morgan fingerprint density at radius 3 is 2.74 bits per heavy atom. The lowest BCUT2D eigenvalue weighted by atomic mass is 9.94. The molecule has 2 N–H and O–H groups in total. The lowest BCUT2D eigenvalue weighted by molar-refractivity contribution is -0.113. The predicted octanol–water partition coefficient (Wildman–Crippen LogP) is 4.03. The number of urea groups is 1. The van der Waals surface area contributed by atoms with Gasteiger partial charge in [-0.3, -0.25) is 9.69 Å². The maximum atomic E-state index is 13.1. The van der Waals surface area contributed by atoms with Crippen molar-refractivity contribution in [2.45, 2.75) is 33.2 Å². The van der Waals surface area contributed by atoms with Gasteiger partial charge in [-0.15, -0.1) is 0 Å². The molecule has 8 heteroatoms. The van der Waals surface area contributed by atoms with Gasteiger partial charge in [0.05, 0.1) is 11.6 Å². The zero-order valence-electron chi connectivity index (χ0n) is 15.4. The van der Waals surface area contributed by atoms with Crippen LogP contribution in [-0.4, -0.2) is 28.5 Å². The first-order chi connectivity index (χ1) is 12.9. The SMILES string of the molecule is CCCN1C(=O)N[C@@H](c2ccccc2Cl)C(C(=O)Nc2cc(C)on2)=C1C. The van der Waals surface area contributed by atoms with Gasteiger partial charge in [0, 0.05) is 23.3 Å². The lowest BCUT2D eigenvalue weighted by Gasteiger charge is -2.35. The molecule has 2 aromatic rings. The van der Waals surface area contributed by atoms with E-state index in [2.05, 4.69) is 15.8 Å². The zero-order chi connectivity index (χ0) is 19.6. The van der Waals surface area contributed by atoms with Crippen LogP contribution in [-0.2, 0) is 4.79 Å². The zero-order valence-corrected chi connectivity index (χ0v) is 16.1. The van der Waals surface area contributed by atoms with Crippen molar-refractivity contribution < 1.29 is 14.1 Å². The van der Waals surface area contributed by atoms with E-state index in [4.69, 9.17) is 16.1 Å². The smallest absolute Gasteiger partial charge is 0.322 e. The number of aromatic nitrogens is 1. The molecule has 0 unspecified atom stereocenters. The number of carbonyl (C=O) groups is 2. The first-order valence-corrected chi connectivity index (χ1v) is 9.08. The largest absolute Gasteiger partial charge is 0.360 e. The summed E-state index contributed by atoms with van der Waals surface area (Å²) in [7, 11) is 0. The number of allylic oxidation sites excluding steroid dienone is 1. The third-order valence-electron chi connectivity index (χ3n) is 4.37. The van der Waals surface area contributed by atoms with E-state index >= 15 is 0 Å². The van der Waals surface area contributed by atoms with Crippen molar-refractivity contribution in [1.82, 2.24) is 15.4 Å². The minimum atomic E-state index is -0.660. The molecule has 7 nitrogen and oxygen atoms in total. The molecule has 3 amide bonds. The van der Waals surface area contributed by atoms with Crippen LogP contribution >= 0.6 is 11.6 Å². The summed E-state index contributed by atoms with van der Waals surface area (Å²) in [5.41, 5.74) is 1.66. The van der Waals surface area contributed by atoms with Crippen LogP contribution in [0.15, 0.2) is 46.1 Å². The third-order valence-corrected chi connectivity index (χ3v) is 4.72. The maximum absolute atomic E-state index is 13.1. The highest BCUT2D eigenvalue weighted by atomic mass is 35.5. The Kier molecular flexibility index (Phi) is 5.51. The van der Waals surface area contributed by atoms with Crippen LogP contribution in [0.5, 0.6) is 0 Å². The highest BCUT2D eigenvalue weighted by molar-refractivity contribution is 6.31. The summed E-state index contributed by atoms with van der Waals surface area (Å²) in [6, 6.07) is 7.85. The highest BCUT2D eigenvalue weighted by Gasteiger charge is 2.36. The van der Waals surface area contributed by atoms with Crippen molar-refractivity contribution in [2.75, 3.05) is 11.9 Å². The van der Waals surface area contributed by atoms with Crippen LogP contribution in [0, 0.1) is 6.92 Å². The molecule has 1 atom stereocenters. The number of amides is 3. The molecule has 0 bridgehead atoms. The molecule has 0 saturated carbocycles. The second-order valence-corrected chi connectivity index (χ2v) is 6.74. The first-order valence-electron chi connectivity index (χ1n) is 8.70. The summed E-state index contributed by atoms with van der Waals surface area (Å²) in [4.78, 5) is 27.2. The molecule has 3 rings (SSSR count). The van der Waals surface area contributed by atoms with Crippen LogP contribution in [0.1, 0.15) is 37.6 Å². The van der Waals surface area contributed by atoms with Gasteiger partial charge in [-0.25, -0.2) is 4.79 Å². The predicted molar refractivity (Wildman–Crippen MR) is 102 cm³/mol. The summed E-state index contributed by atoms with van der Waals surface area (Å²) in [5.74, 6) is 0.532. The summed E-state index contributed by atoms with van der Waals surface area (Å²) < 4.78 is 5.00. The summed E-state index contributed by atoms with van der Waals surface area (Å²) in [6.07, 6.45) is 0.763. The van der Waals surface area contributed by atoms with Gasteiger partial charge in [-0.2, -0.15) is 0 Å². The fourth-order valence-corrected chi connectivity index (χ4v) is 3.36. The van der Waals surface area contributed by atoms with E-state index in [0.29, 0.717) is 40.0 Å². The van der Waals surface area contributed by atoms with Crippen molar-refractivity contribution in [1.29, 1.82) is 0 Å². The van der Waals surface area contributed by atoms with Crippen LogP contribution < -0.4 is 10.6 Å². The van der Waals surface area contributed by atoms with Gasteiger partial charge in [-0.1, -0.05) is 41.9 Å². The highest BCUT2D eigenvalue weighted by Crippen LogP contribution is 2.34. The molecule has 0 saturated heterocycles. The normalized spacial score (nSPS) is 17.1. The van der Waals surface area contributed by atoms with Gasteiger partial charge in [0.25, 0.3) is 5.91 Å². The molecule has 0 aliphatic carbocycles. The Morgan fingerprint density at radius 2 is 2.11 bits per heavy atom. The summed E-state index contributed by atoms with van der Waals surface area (Å²) in [6.45, 7) is 5.98. The van der Waals surface area contributed by atoms with Crippen molar-refractivity contribution in [3.8, 4) is 0 Å². The number of halogens is 1. The Hall–Kier alpha value is -2.80. The van der Waals surface area contributed by atoms with Gasteiger partial charge in [0.2, 0.25) is 0 Å². The molecule has 142 valence electrons. The Bertz CT molecular complexity index is 906. The molecule has 1 aliphatic rings. The average molecular weight is 389 g/mol. The number of nitrogens with zero attached hydrogens (tertiary/aromatic N) is 2. The van der Waals surface area contributed by atoms with Gasteiger partial charge in [0.1, 0.15) is 5.76 Å². The monoisotopic (exact) mass is 388 g/mol. The van der Waals surface area contributed by atoms with E-state index in [-0.39, 0.29) is 11.9 Å². The molecule has 2 heterocycles. The van der Waals surface area contributed by atoms with Gasteiger partial charge < -0.3 is 15.2 Å². The second kappa shape index (κ2) is 7.84. The molecule has 0 radical (unpaired) electrons. The maximum Gasteiger partial charge on any atom is 0.322 e. The van der Waals surface area contributed by atoms with Crippen LogP contribution in [0.4, 0.5) is 10.6 Å². The van der Waals surface area contributed by atoms with E-state index in [9.17, 15) is 9.59 Å². The van der Waals surface area contributed by atoms with Gasteiger partial charge in [-0.05, 0) is 31.9 Å². The standard InChI is InChI=1S/C19H21ClN4O3/c1-4-9-24-12(3)16(18(25)21-15-10-11(2)27-23-15)17(22-19(24)26)13-7-5-6-8-14(13)20/h5-8,10,17H,4,9H2,1-3H3,(H,22,26)(H,21,23,25)/t17-/m0/s1. The molecular formula is C19H21ClN4O3. The fourth-order valence-electron chi connectivity index (χ4n) is 3.12. The number of hydrogen-bond acceptors (Lipinski definition) is 4. The van der Waals surface area contributed by atoms with Crippen molar-refractivity contribution in [3.05, 3.63) is 57.9 Å². The van der Waals surface area contributed by atoms with Crippen molar-refractivity contribution in [3.63, 3.8) is 0 Å². The van der Waals surface area contributed by atoms with Crippen LogP contribution in [0.3, 0.4) is 0 Å². The number of carbonyl (C=O) groups excluding carboxylic acids is 2. The molecule has 0 spiro atoms. The molecule has 1 aromatic heterocycles. The Morgan fingerprint density at radius 1 is 1.37 bits per heavy atom. The molecule has 0 fully saturated rings. The van der Waals surface area contributed by atoms with E-state index < -0.39 is 6.04 Å². The van der Waals surface area contributed by atoms with E-state index in [0.717, 1.165) is 6.42 Å². The lowest BCUT2D eigenvalue weighted by Crippen LogP contribution is -2.48. The van der Waals surface area contributed by atoms with E-state index in [1.165, 1.54) is 0 Å². The second-order valence-electron chi connectivity index (χ2n) is 6.33.